The molecule has 0 bridgehead atoms. The van der Waals surface area contributed by atoms with Crippen LogP contribution in [-0.2, 0) is 4.79 Å². The van der Waals surface area contributed by atoms with Gasteiger partial charge in [-0.15, -0.1) is 0 Å². The van der Waals surface area contributed by atoms with Crippen LogP contribution in [0.1, 0.15) is 13.3 Å². The van der Waals surface area contributed by atoms with Crippen LogP contribution in [-0.4, -0.2) is 30.0 Å². The first-order valence-electron chi connectivity index (χ1n) is 4.88. The maximum atomic E-state index is 11.6. The highest BCUT2D eigenvalue weighted by atomic mass is 32.2. The largest absolute Gasteiger partial charge is 0.354 e. The van der Waals surface area contributed by atoms with Gasteiger partial charge in [-0.2, -0.15) is 11.8 Å². The Morgan fingerprint density at radius 3 is 2.93 bits per heavy atom. The topological polar surface area (TPSA) is 55.1 Å². The van der Waals surface area contributed by atoms with Crippen molar-refractivity contribution in [2.45, 2.75) is 24.6 Å². The first-order chi connectivity index (χ1) is 6.63. The monoisotopic (exact) mass is 214 g/mol. The number of carbonyl (C=O) groups is 1. The lowest BCUT2D eigenvalue weighted by Gasteiger charge is -2.13. The molecule has 0 aromatic rings. The average molecular weight is 214 g/mol. The first-order valence-corrected chi connectivity index (χ1v) is 6.16. The molecule has 1 amide bonds. The molecule has 4 heteroatoms. The molecular weight excluding hydrogens is 196 g/mol. The zero-order chi connectivity index (χ0) is 10.6. The molecule has 1 rings (SSSR count). The van der Waals surface area contributed by atoms with Crippen LogP contribution in [0.5, 0.6) is 0 Å². The zero-order valence-corrected chi connectivity index (χ0v) is 9.51. The number of hydrogen-bond donors (Lipinski definition) is 2. The van der Waals surface area contributed by atoms with E-state index in [4.69, 9.17) is 5.73 Å². The third-order valence-corrected chi connectivity index (χ3v) is 3.39. The van der Waals surface area contributed by atoms with Gasteiger partial charge < -0.3 is 11.1 Å². The van der Waals surface area contributed by atoms with Crippen molar-refractivity contribution in [3.05, 3.63) is 12.2 Å². The van der Waals surface area contributed by atoms with Gasteiger partial charge in [-0.3, -0.25) is 4.79 Å². The average Bonchev–Trinajstić information content (AvgIpc) is 2.60. The summed E-state index contributed by atoms with van der Waals surface area (Å²) in [5.41, 5.74) is 5.67. The van der Waals surface area contributed by atoms with Gasteiger partial charge in [0.2, 0.25) is 5.91 Å². The number of hydrogen-bond acceptors (Lipinski definition) is 3. The van der Waals surface area contributed by atoms with Gasteiger partial charge in [-0.05, 0) is 12.7 Å². The molecule has 0 aliphatic heterocycles. The summed E-state index contributed by atoms with van der Waals surface area (Å²) >= 11 is 1.75. The lowest BCUT2D eigenvalue weighted by atomic mass is 10.1. The van der Waals surface area contributed by atoms with Gasteiger partial charge >= 0.3 is 0 Å². The van der Waals surface area contributed by atoms with E-state index in [9.17, 15) is 4.79 Å². The summed E-state index contributed by atoms with van der Waals surface area (Å²) < 4.78 is 0. The van der Waals surface area contributed by atoms with Gasteiger partial charge in [-0.25, -0.2) is 0 Å². The normalized spacial score (nSPS) is 27.6. The molecule has 80 valence electrons. The minimum absolute atomic E-state index is 0.0148. The molecule has 1 aliphatic carbocycles. The van der Waals surface area contributed by atoms with Crippen LogP contribution in [0.4, 0.5) is 0 Å². The molecule has 0 aromatic heterocycles. The first kappa shape index (κ1) is 11.6. The molecule has 3 nitrogen and oxygen atoms in total. The molecule has 0 saturated carbocycles. The zero-order valence-electron chi connectivity index (χ0n) is 8.69. The Morgan fingerprint density at radius 1 is 1.71 bits per heavy atom. The van der Waals surface area contributed by atoms with E-state index in [1.165, 1.54) is 0 Å². The molecule has 3 N–H and O–H groups in total. The number of thioether (sulfide) groups is 1. The summed E-state index contributed by atoms with van der Waals surface area (Å²) in [5.74, 6) is 0.0918. The SMILES string of the molecule is CSC(C)CNC(=O)C1C=CC(N)C1. The van der Waals surface area contributed by atoms with E-state index >= 15 is 0 Å². The summed E-state index contributed by atoms with van der Waals surface area (Å²) in [4.78, 5) is 11.6. The molecule has 0 spiro atoms. The van der Waals surface area contributed by atoms with Crippen LogP contribution < -0.4 is 11.1 Å². The van der Waals surface area contributed by atoms with Crippen LogP contribution in [0.15, 0.2) is 12.2 Å². The van der Waals surface area contributed by atoms with Crippen LogP contribution in [0.3, 0.4) is 0 Å². The molecule has 1 aliphatic rings. The number of amides is 1. The molecule has 3 atom stereocenters. The maximum absolute atomic E-state index is 11.6. The lowest BCUT2D eigenvalue weighted by molar-refractivity contribution is -0.123. The van der Waals surface area contributed by atoms with E-state index in [0.717, 1.165) is 13.0 Å². The third-order valence-electron chi connectivity index (χ3n) is 2.42. The van der Waals surface area contributed by atoms with Crippen molar-refractivity contribution in [3.63, 3.8) is 0 Å². The summed E-state index contributed by atoms with van der Waals surface area (Å²) in [6.45, 7) is 2.83. The van der Waals surface area contributed by atoms with Crippen molar-refractivity contribution in [2.75, 3.05) is 12.8 Å². The third kappa shape index (κ3) is 3.35. The molecule has 0 radical (unpaired) electrons. The predicted molar refractivity (Wildman–Crippen MR) is 61.2 cm³/mol. The van der Waals surface area contributed by atoms with Gasteiger partial charge in [0.1, 0.15) is 0 Å². The molecule has 0 saturated heterocycles. The molecule has 0 aromatic carbocycles. The number of nitrogens with one attached hydrogen (secondary N) is 1. The highest BCUT2D eigenvalue weighted by Gasteiger charge is 2.22. The number of carbonyl (C=O) groups excluding carboxylic acids is 1. The van der Waals surface area contributed by atoms with Gasteiger partial charge in [-0.1, -0.05) is 19.1 Å². The Hall–Kier alpha value is -0.480. The summed E-state index contributed by atoms with van der Waals surface area (Å²) in [7, 11) is 0. The Labute approximate surface area is 89.5 Å². The van der Waals surface area contributed by atoms with Crippen LogP contribution >= 0.6 is 11.8 Å². The Morgan fingerprint density at radius 2 is 2.43 bits per heavy atom. The molecule has 14 heavy (non-hydrogen) atoms. The van der Waals surface area contributed by atoms with Crippen LogP contribution in [0, 0.1) is 5.92 Å². The van der Waals surface area contributed by atoms with Crippen molar-refractivity contribution >= 4 is 17.7 Å². The van der Waals surface area contributed by atoms with Gasteiger partial charge in [0.25, 0.3) is 0 Å². The van der Waals surface area contributed by atoms with Crippen molar-refractivity contribution in [2.24, 2.45) is 11.7 Å². The lowest BCUT2D eigenvalue weighted by Crippen LogP contribution is -2.34. The molecule has 3 unspecified atom stereocenters. The van der Waals surface area contributed by atoms with E-state index in [1.807, 2.05) is 18.4 Å². The minimum atomic E-state index is -0.0148. The van der Waals surface area contributed by atoms with Gasteiger partial charge in [0.15, 0.2) is 0 Å². The molecular formula is C10H18N2OS. The van der Waals surface area contributed by atoms with Crippen molar-refractivity contribution in [1.82, 2.24) is 5.32 Å². The highest BCUT2D eigenvalue weighted by molar-refractivity contribution is 7.99. The van der Waals surface area contributed by atoms with Crippen LogP contribution in [0.2, 0.25) is 0 Å². The summed E-state index contributed by atoms with van der Waals surface area (Å²) in [6, 6.07) is 0.0590. The standard InChI is InChI=1S/C10H18N2OS/c1-7(14-2)6-12-10(13)8-3-4-9(11)5-8/h3-4,7-9H,5-6,11H2,1-2H3,(H,12,13). The van der Waals surface area contributed by atoms with Gasteiger partial charge in [0.05, 0.1) is 5.92 Å². The Kier molecular flexibility index (Phi) is 4.48. The Bertz CT molecular complexity index is 230. The second-order valence-corrected chi connectivity index (χ2v) is 4.96. The summed E-state index contributed by atoms with van der Waals surface area (Å²) in [5, 5.41) is 3.40. The molecule has 0 fully saturated rings. The quantitative estimate of drug-likeness (QED) is 0.679. The Balaban J connectivity index is 2.26. The van der Waals surface area contributed by atoms with Crippen LogP contribution in [0.25, 0.3) is 0 Å². The fraction of sp³-hybridized carbons (Fsp3) is 0.700. The smallest absolute Gasteiger partial charge is 0.227 e. The van der Waals surface area contributed by atoms with E-state index in [1.54, 1.807) is 11.8 Å². The van der Waals surface area contributed by atoms with E-state index < -0.39 is 0 Å². The molecule has 0 heterocycles. The fourth-order valence-corrected chi connectivity index (χ4v) is 1.63. The van der Waals surface area contributed by atoms with Crippen molar-refractivity contribution in [1.29, 1.82) is 0 Å². The van der Waals surface area contributed by atoms with E-state index in [0.29, 0.717) is 5.25 Å². The van der Waals surface area contributed by atoms with Crippen molar-refractivity contribution in [3.8, 4) is 0 Å². The number of rotatable bonds is 4. The highest BCUT2D eigenvalue weighted by Crippen LogP contribution is 2.16. The minimum Gasteiger partial charge on any atom is -0.354 e. The summed E-state index contributed by atoms with van der Waals surface area (Å²) in [6.07, 6.45) is 6.60. The maximum Gasteiger partial charge on any atom is 0.227 e. The fourth-order valence-electron chi connectivity index (χ4n) is 1.38. The predicted octanol–water partition coefficient (Wildman–Crippen LogP) is 0.758. The second kappa shape index (κ2) is 5.41. The second-order valence-electron chi connectivity index (χ2n) is 3.68. The van der Waals surface area contributed by atoms with Crippen molar-refractivity contribution < 1.29 is 4.79 Å². The van der Waals surface area contributed by atoms with E-state index in [2.05, 4.69) is 12.2 Å². The van der Waals surface area contributed by atoms with E-state index in [-0.39, 0.29) is 17.9 Å². The van der Waals surface area contributed by atoms with Gasteiger partial charge in [0, 0.05) is 17.8 Å². The number of nitrogens with two attached hydrogens (primary N) is 1.